The fraction of sp³-hybridized carbons (Fsp3) is 0.538. The van der Waals surface area contributed by atoms with Crippen molar-refractivity contribution in [2.45, 2.75) is 24.8 Å². The van der Waals surface area contributed by atoms with Crippen molar-refractivity contribution in [2.24, 2.45) is 17.6 Å². The summed E-state index contributed by atoms with van der Waals surface area (Å²) in [6, 6.07) is 4.68. The Morgan fingerprint density at radius 3 is 2.63 bits per heavy atom. The molecule has 4 nitrogen and oxygen atoms in total. The maximum Gasteiger partial charge on any atom is 0.242 e. The van der Waals surface area contributed by atoms with E-state index in [1.807, 2.05) is 0 Å². The van der Waals surface area contributed by atoms with E-state index in [1.54, 1.807) is 19.2 Å². The molecule has 0 bridgehead atoms. The van der Waals surface area contributed by atoms with E-state index in [4.69, 9.17) is 17.3 Å². The predicted octanol–water partition coefficient (Wildman–Crippen LogP) is 2.08. The first-order valence-corrected chi connectivity index (χ1v) is 8.13. The number of halogens is 1. The van der Waals surface area contributed by atoms with E-state index in [9.17, 15) is 8.42 Å². The van der Waals surface area contributed by atoms with Gasteiger partial charge >= 0.3 is 0 Å². The topological polar surface area (TPSA) is 63.4 Å². The van der Waals surface area contributed by atoms with Crippen LogP contribution in [0.2, 0.25) is 5.02 Å². The van der Waals surface area contributed by atoms with Gasteiger partial charge in [0.15, 0.2) is 0 Å². The van der Waals surface area contributed by atoms with Crippen LogP contribution in [0.3, 0.4) is 0 Å². The van der Waals surface area contributed by atoms with Crippen molar-refractivity contribution in [1.82, 2.24) is 4.31 Å². The van der Waals surface area contributed by atoms with Crippen molar-refractivity contribution < 1.29 is 8.42 Å². The van der Waals surface area contributed by atoms with Gasteiger partial charge in [-0.15, -0.1) is 0 Å². The largest absolute Gasteiger partial charge is 0.326 e. The van der Waals surface area contributed by atoms with E-state index in [0.717, 1.165) is 6.42 Å². The lowest BCUT2D eigenvalue weighted by Gasteiger charge is -2.17. The molecule has 0 amide bonds. The van der Waals surface area contributed by atoms with Gasteiger partial charge in [-0.1, -0.05) is 18.5 Å². The molecule has 19 heavy (non-hydrogen) atoms. The number of hydrogen-bond donors (Lipinski definition) is 1. The monoisotopic (exact) mass is 302 g/mol. The second kappa shape index (κ2) is 5.40. The van der Waals surface area contributed by atoms with Crippen LogP contribution in [0.15, 0.2) is 23.1 Å². The fourth-order valence-corrected chi connectivity index (χ4v) is 3.60. The van der Waals surface area contributed by atoms with E-state index in [0.29, 0.717) is 29.0 Å². The second-order valence-corrected chi connectivity index (χ2v) is 7.67. The summed E-state index contributed by atoms with van der Waals surface area (Å²) in [7, 11) is -1.83. The molecule has 1 aliphatic rings. The third-order valence-electron chi connectivity index (χ3n) is 3.71. The smallest absolute Gasteiger partial charge is 0.242 e. The number of benzene rings is 1. The summed E-state index contributed by atoms with van der Waals surface area (Å²) in [6.07, 6.45) is 1.11. The Hall–Kier alpha value is -0.620. The summed E-state index contributed by atoms with van der Waals surface area (Å²) >= 11 is 5.95. The number of nitrogens with two attached hydrogens (primary N) is 1. The molecule has 0 radical (unpaired) electrons. The molecule has 1 aromatic rings. The molecular formula is C13H19ClN2O2S. The summed E-state index contributed by atoms with van der Waals surface area (Å²) in [5.41, 5.74) is 6.20. The van der Waals surface area contributed by atoms with Crippen LogP contribution >= 0.6 is 11.6 Å². The lowest BCUT2D eigenvalue weighted by Crippen LogP contribution is -2.29. The van der Waals surface area contributed by atoms with Gasteiger partial charge in [-0.3, -0.25) is 0 Å². The van der Waals surface area contributed by atoms with Crippen LogP contribution < -0.4 is 5.73 Å². The molecule has 2 atom stereocenters. The van der Waals surface area contributed by atoms with Gasteiger partial charge in [-0.25, -0.2) is 12.7 Å². The summed E-state index contributed by atoms with van der Waals surface area (Å²) in [5, 5.41) is 0.500. The zero-order valence-electron chi connectivity index (χ0n) is 11.1. The number of nitrogens with zero attached hydrogens (tertiary/aromatic N) is 1. The molecule has 106 valence electrons. The molecular weight excluding hydrogens is 284 g/mol. The molecule has 2 rings (SSSR count). The van der Waals surface area contributed by atoms with Gasteiger partial charge in [0.2, 0.25) is 10.0 Å². The van der Waals surface area contributed by atoms with E-state index in [2.05, 4.69) is 6.92 Å². The highest BCUT2D eigenvalue weighted by Crippen LogP contribution is 2.38. The molecule has 1 fully saturated rings. The van der Waals surface area contributed by atoms with Gasteiger partial charge in [-0.05, 0) is 42.0 Å². The Balaban J connectivity index is 2.23. The van der Waals surface area contributed by atoms with Gasteiger partial charge in [-0.2, -0.15) is 0 Å². The predicted molar refractivity (Wildman–Crippen MR) is 76.4 cm³/mol. The average Bonchev–Trinajstić information content (AvgIpc) is 3.05. The van der Waals surface area contributed by atoms with E-state index in [-0.39, 0.29) is 11.4 Å². The minimum absolute atomic E-state index is 0.228. The van der Waals surface area contributed by atoms with Crippen LogP contribution in [-0.4, -0.2) is 26.3 Å². The van der Waals surface area contributed by atoms with E-state index < -0.39 is 10.0 Å². The van der Waals surface area contributed by atoms with Gasteiger partial charge in [0, 0.05) is 25.2 Å². The lowest BCUT2D eigenvalue weighted by atomic mass is 10.2. The zero-order valence-corrected chi connectivity index (χ0v) is 12.7. The molecule has 2 N–H and O–H groups in total. The first-order chi connectivity index (χ1) is 8.86. The van der Waals surface area contributed by atoms with Crippen LogP contribution in [0.1, 0.15) is 18.9 Å². The molecule has 0 saturated heterocycles. The van der Waals surface area contributed by atoms with Crippen molar-refractivity contribution in [1.29, 1.82) is 0 Å². The number of sulfonamides is 1. The van der Waals surface area contributed by atoms with Gasteiger partial charge in [0.25, 0.3) is 0 Å². The van der Waals surface area contributed by atoms with Gasteiger partial charge < -0.3 is 5.73 Å². The first kappa shape index (κ1) is 14.8. The first-order valence-electron chi connectivity index (χ1n) is 6.31. The van der Waals surface area contributed by atoms with Crippen LogP contribution in [0.5, 0.6) is 0 Å². The summed E-state index contributed by atoms with van der Waals surface area (Å²) < 4.78 is 26.3. The van der Waals surface area contributed by atoms with E-state index in [1.165, 1.54) is 10.4 Å². The second-order valence-electron chi connectivity index (χ2n) is 5.22. The van der Waals surface area contributed by atoms with Crippen molar-refractivity contribution in [3.8, 4) is 0 Å². The number of rotatable bonds is 5. The Kier molecular flexibility index (Phi) is 4.20. The molecule has 1 aromatic carbocycles. The normalized spacial score (nSPS) is 22.8. The summed E-state index contributed by atoms with van der Waals surface area (Å²) in [6.45, 7) is 2.94. The zero-order chi connectivity index (χ0) is 14.2. The maximum absolute atomic E-state index is 12.4. The molecule has 0 spiro atoms. The average molecular weight is 303 g/mol. The molecule has 0 heterocycles. The van der Waals surface area contributed by atoms with Crippen LogP contribution in [-0.2, 0) is 16.6 Å². The van der Waals surface area contributed by atoms with Crippen LogP contribution in [0, 0.1) is 11.8 Å². The third-order valence-corrected chi connectivity index (χ3v) is 5.90. The van der Waals surface area contributed by atoms with Crippen molar-refractivity contribution in [3.63, 3.8) is 0 Å². The highest BCUT2D eigenvalue weighted by atomic mass is 35.5. The fourth-order valence-electron chi connectivity index (χ4n) is 2.13. The van der Waals surface area contributed by atoms with Crippen molar-refractivity contribution in [2.75, 3.05) is 13.6 Å². The molecule has 6 heteroatoms. The summed E-state index contributed by atoms with van der Waals surface area (Å²) in [5.74, 6) is 1.11. The Labute approximate surface area is 119 Å². The number of hydrogen-bond acceptors (Lipinski definition) is 3. The highest BCUT2D eigenvalue weighted by Gasteiger charge is 2.36. The van der Waals surface area contributed by atoms with E-state index >= 15 is 0 Å². The van der Waals surface area contributed by atoms with Crippen molar-refractivity contribution in [3.05, 3.63) is 28.8 Å². The molecule has 1 aliphatic carbocycles. The minimum Gasteiger partial charge on any atom is -0.326 e. The quantitative estimate of drug-likeness (QED) is 0.905. The van der Waals surface area contributed by atoms with Crippen molar-refractivity contribution >= 4 is 21.6 Å². The Morgan fingerprint density at radius 2 is 2.11 bits per heavy atom. The molecule has 0 aliphatic heterocycles. The van der Waals surface area contributed by atoms with Crippen LogP contribution in [0.25, 0.3) is 0 Å². The molecule has 1 saturated carbocycles. The van der Waals surface area contributed by atoms with Gasteiger partial charge in [0.1, 0.15) is 0 Å². The third kappa shape index (κ3) is 3.11. The lowest BCUT2D eigenvalue weighted by molar-refractivity contribution is 0.444. The Morgan fingerprint density at radius 1 is 1.47 bits per heavy atom. The summed E-state index contributed by atoms with van der Waals surface area (Å²) in [4.78, 5) is 0.258. The maximum atomic E-state index is 12.4. The van der Waals surface area contributed by atoms with Gasteiger partial charge in [0.05, 0.1) is 4.90 Å². The molecule has 2 unspecified atom stereocenters. The Bertz CT molecular complexity index is 574. The minimum atomic E-state index is -3.45. The highest BCUT2D eigenvalue weighted by molar-refractivity contribution is 7.89. The molecule has 0 aromatic heterocycles. The van der Waals surface area contributed by atoms with Crippen LogP contribution in [0.4, 0.5) is 0 Å². The SMILES string of the molecule is CC1CC1CN(C)S(=O)(=O)c1ccc(Cl)c(CN)c1. The standard InChI is InChI=1S/C13H19ClN2O2S/c1-9-5-11(9)8-16(2)19(17,18)12-3-4-13(14)10(6-12)7-15/h3-4,6,9,11H,5,7-8,15H2,1-2H3.